The summed E-state index contributed by atoms with van der Waals surface area (Å²) in [6.45, 7) is 2.48. The number of nitrogens with zero attached hydrogens (tertiary/aromatic N) is 2. The van der Waals surface area contributed by atoms with Crippen LogP contribution in [0.2, 0.25) is 0 Å². The highest BCUT2D eigenvalue weighted by atomic mass is 79.9. The minimum atomic E-state index is -3.44. The van der Waals surface area contributed by atoms with Crippen molar-refractivity contribution < 1.29 is 8.42 Å². The molecule has 21 heavy (non-hydrogen) atoms. The summed E-state index contributed by atoms with van der Waals surface area (Å²) in [7, 11) is -3.44. The van der Waals surface area contributed by atoms with Crippen LogP contribution in [0.1, 0.15) is 30.0 Å². The first kappa shape index (κ1) is 15.1. The van der Waals surface area contributed by atoms with Crippen molar-refractivity contribution in [2.75, 3.05) is 6.54 Å². The molecule has 0 N–H and O–H groups in total. The van der Waals surface area contributed by atoms with Gasteiger partial charge in [0.05, 0.1) is 9.83 Å². The van der Waals surface area contributed by atoms with Gasteiger partial charge in [0.1, 0.15) is 4.21 Å². The van der Waals surface area contributed by atoms with Crippen molar-refractivity contribution in [3.63, 3.8) is 0 Å². The van der Waals surface area contributed by atoms with Gasteiger partial charge in [-0.15, -0.1) is 11.3 Å². The Labute approximate surface area is 137 Å². The normalized spacial score (nSPS) is 20.0. The molecule has 1 fully saturated rings. The molecular weight excluding hydrogens is 372 g/mol. The molecule has 1 atom stereocenters. The SMILES string of the molecule is Cc1cc(S(=O)(=O)N2CCCC2c2ccncc2)sc1Br. The van der Waals surface area contributed by atoms with E-state index in [0.29, 0.717) is 10.8 Å². The van der Waals surface area contributed by atoms with Crippen LogP contribution in [-0.4, -0.2) is 24.3 Å². The van der Waals surface area contributed by atoms with Crippen molar-refractivity contribution in [3.05, 3.63) is 45.5 Å². The second-order valence-electron chi connectivity index (χ2n) is 5.08. The van der Waals surface area contributed by atoms with Gasteiger partial charge in [-0.2, -0.15) is 4.31 Å². The fourth-order valence-corrected chi connectivity index (χ4v) is 6.66. The highest BCUT2D eigenvalue weighted by Crippen LogP contribution is 2.39. The second-order valence-corrected chi connectivity index (χ2v) is 9.56. The molecule has 3 rings (SSSR count). The summed E-state index contributed by atoms with van der Waals surface area (Å²) >= 11 is 4.68. The fraction of sp³-hybridized carbons (Fsp3) is 0.357. The summed E-state index contributed by atoms with van der Waals surface area (Å²) in [6, 6.07) is 5.45. The predicted octanol–water partition coefficient (Wildman–Crippen LogP) is 3.74. The molecule has 0 aromatic carbocycles. The first-order chi connectivity index (χ1) is 10.00. The largest absolute Gasteiger partial charge is 0.265 e. The topological polar surface area (TPSA) is 50.3 Å². The maximum absolute atomic E-state index is 12.9. The van der Waals surface area contributed by atoms with Gasteiger partial charge in [-0.25, -0.2) is 8.42 Å². The maximum Gasteiger partial charge on any atom is 0.253 e. The van der Waals surface area contributed by atoms with E-state index in [1.807, 2.05) is 19.1 Å². The van der Waals surface area contributed by atoms with Gasteiger partial charge in [0.15, 0.2) is 0 Å². The molecule has 0 saturated carbocycles. The molecule has 7 heteroatoms. The molecule has 1 aliphatic rings. The van der Waals surface area contributed by atoms with Crippen LogP contribution in [0.25, 0.3) is 0 Å². The molecule has 0 amide bonds. The Kier molecular flexibility index (Phi) is 4.18. The van der Waals surface area contributed by atoms with Gasteiger partial charge >= 0.3 is 0 Å². The molecule has 2 aromatic heterocycles. The predicted molar refractivity (Wildman–Crippen MR) is 86.9 cm³/mol. The van der Waals surface area contributed by atoms with Crippen LogP contribution >= 0.6 is 27.3 Å². The van der Waals surface area contributed by atoms with Crippen LogP contribution in [0.5, 0.6) is 0 Å². The Bertz CT molecular complexity index is 724. The molecule has 1 aliphatic heterocycles. The monoisotopic (exact) mass is 386 g/mol. The van der Waals surface area contributed by atoms with E-state index in [1.165, 1.54) is 11.3 Å². The summed E-state index contributed by atoms with van der Waals surface area (Å²) in [5, 5.41) is 0. The van der Waals surface area contributed by atoms with Crippen LogP contribution in [0, 0.1) is 6.92 Å². The van der Waals surface area contributed by atoms with E-state index >= 15 is 0 Å². The zero-order valence-corrected chi connectivity index (χ0v) is 14.7. The first-order valence-electron chi connectivity index (χ1n) is 6.68. The number of sulfonamides is 1. The molecule has 0 spiro atoms. The van der Waals surface area contributed by atoms with E-state index in [0.717, 1.165) is 27.8 Å². The number of thiophene rings is 1. The summed E-state index contributed by atoms with van der Waals surface area (Å²) in [5.74, 6) is 0. The van der Waals surface area contributed by atoms with Crippen LogP contribution < -0.4 is 0 Å². The third-order valence-corrected chi connectivity index (χ3v) is 8.19. The highest BCUT2D eigenvalue weighted by Gasteiger charge is 2.37. The zero-order valence-electron chi connectivity index (χ0n) is 11.5. The fourth-order valence-electron chi connectivity index (χ4n) is 2.62. The van der Waals surface area contributed by atoms with Crippen molar-refractivity contribution in [2.45, 2.75) is 30.0 Å². The standard InChI is InChI=1S/C14H15BrN2O2S2/c1-10-9-13(20-14(10)15)21(18,19)17-8-2-3-12(17)11-4-6-16-7-5-11/h4-7,9,12H,2-3,8H2,1H3. The number of aromatic nitrogens is 1. The number of pyridine rings is 1. The van der Waals surface area contributed by atoms with Crippen LogP contribution in [0.3, 0.4) is 0 Å². The molecular formula is C14H15BrN2O2S2. The average molecular weight is 387 g/mol. The molecule has 1 saturated heterocycles. The second kappa shape index (κ2) is 5.79. The molecule has 2 aromatic rings. The Hall–Kier alpha value is -0.760. The van der Waals surface area contributed by atoms with Gasteiger partial charge in [-0.1, -0.05) is 0 Å². The highest BCUT2D eigenvalue weighted by molar-refractivity contribution is 9.11. The zero-order chi connectivity index (χ0) is 15.0. The summed E-state index contributed by atoms with van der Waals surface area (Å²) in [6.07, 6.45) is 5.17. The number of aryl methyl sites for hydroxylation is 1. The van der Waals surface area contributed by atoms with Gasteiger partial charge < -0.3 is 0 Å². The van der Waals surface area contributed by atoms with Gasteiger partial charge in [-0.05, 0) is 65.0 Å². The lowest BCUT2D eigenvalue weighted by Gasteiger charge is -2.23. The van der Waals surface area contributed by atoms with Gasteiger partial charge in [0, 0.05) is 18.9 Å². The van der Waals surface area contributed by atoms with Crippen molar-refractivity contribution in [1.29, 1.82) is 0 Å². The smallest absolute Gasteiger partial charge is 0.253 e. The van der Waals surface area contributed by atoms with E-state index < -0.39 is 10.0 Å². The van der Waals surface area contributed by atoms with E-state index in [2.05, 4.69) is 20.9 Å². The lowest BCUT2D eigenvalue weighted by Crippen LogP contribution is -2.30. The summed E-state index contributed by atoms with van der Waals surface area (Å²) in [4.78, 5) is 4.00. The Morgan fingerprint density at radius 3 is 2.71 bits per heavy atom. The van der Waals surface area contributed by atoms with E-state index in [9.17, 15) is 8.42 Å². The minimum absolute atomic E-state index is 0.0841. The molecule has 0 bridgehead atoms. The number of hydrogen-bond acceptors (Lipinski definition) is 4. The van der Waals surface area contributed by atoms with Crippen LogP contribution in [0.4, 0.5) is 0 Å². The van der Waals surface area contributed by atoms with E-state index in [4.69, 9.17) is 0 Å². The van der Waals surface area contributed by atoms with E-state index in [1.54, 1.807) is 22.8 Å². The number of halogens is 1. The van der Waals surface area contributed by atoms with Gasteiger partial charge in [0.25, 0.3) is 10.0 Å². The number of hydrogen-bond donors (Lipinski definition) is 0. The summed E-state index contributed by atoms with van der Waals surface area (Å²) in [5.41, 5.74) is 1.97. The van der Waals surface area contributed by atoms with Crippen molar-refractivity contribution in [2.24, 2.45) is 0 Å². The lowest BCUT2D eigenvalue weighted by molar-refractivity contribution is 0.397. The Morgan fingerprint density at radius 2 is 2.10 bits per heavy atom. The third kappa shape index (κ3) is 2.79. The van der Waals surface area contributed by atoms with Crippen molar-refractivity contribution >= 4 is 37.3 Å². The molecule has 4 nitrogen and oxygen atoms in total. The minimum Gasteiger partial charge on any atom is -0.265 e. The van der Waals surface area contributed by atoms with Crippen LogP contribution in [0.15, 0.2) is 38.6 Å². The molecule has 3 heterocycles. The summed E-state index contributed by atoms with van der Waals surface area (Å²) < 4.78 is 28.7. The van der Waals surface area contributed by atoms with Gasteiger partial charge in [0.2, 0.25) is 0 Å². The van der Waals surface area contributed by atoms with Crippen molar-refractivity contribution in [1.82, 2.24) is 9.29 Å². The number of rotatable bonds is 3. The molecule has 1 unspecified atom stereocenters. The first-order valence-corrected chi connectivity index (χ1v) is 9.73. The Balaban J connectivity index is 1.98. The van der Waals surface area contributed by atoms with E-state index in [-0.39, 0.29) is 6.04 Å². The Morgan fingerprint density at radius 1 is 1.38 bits per heavy atom. The van der Waals surface area contributed by atoms with Gasteiger partial charge in [-0.3, -0.25) is 4.98 Å². The molecule has 0 aliphatic carbocycles. The van der Waals surface area contributed by atoms with Crippen molar-refractivity contribution in [3.8, 4) is 0 Å². The lowest BCUT2D eigenvalue weighted by atomic mass is 10.1. The maximum atomic E-state index is 12.9. The average Bonchev–Trinajstić information content (AvgIpc) is 3.08. The third-order valence-electron chi connectivity index (χ3n) is 3.69. The molecule has 112 valence electrons. The molecule has 0 radical (unpaired) electrons. The van der Waals surface area contributed by atoms with Crippen LogP contribution in [-0.2, 0) is 10.0 Å². The quantitative estimate of drug-likeness (QED) is 0.806.